The Balaban J connectivity index is 2.06. The summed E-state index contributed by atoms with van der Waals surface area (Å²) in [6.07, 6.45) is 0. The highest BCUT2D eigenvalue weighted by Crippen LogP contribution is 2.19. The third-order valence-electron chi connectivity index (χ3n) is 3.40. The molecule has 0 spiro atoms. The van der Waals surface area contributed by atoms with Crippen molar-refractivity contribution in [3.63, 3.8) is 0 Å². The Morgan fingerprint density at radius 1 is 1.00 bits per heavy atom. The highest BCUT2D eigenvalue weighted by molar-refractivity contribution is 7.88. The second-order valence-corrected chi connectivity index (χ2v) is 7.19. The Morgan fingerprint density at radius 2 is 1.64 bits per heavy atom. The molecule has 5 heteroatoms. The number of rotatable bonds is 6. The number of nitrogens with one attached hydrogen (secondary N) is 1. The highest BCUT2D eigenvalue weighted by Gasteiger charge is 2.13. The van der Waals surface area contributed by atoms with Crippen molar-refractivity contribution in [2.24, 2.45) is 0 Å². The maximum Gasteiger partial charge on any atom is 0.216 e. The normalized spacial score (nSPS) is 11.4. The number of benzene rings is 2. The quantitative estimate of drug-likeness (QED) is 0.890. The molecule has 0 atom stereocenters. The summed E-state index contributed by atoms with van der Waals surface area (Å²) in [5.41, 5.74) is 3.77. The number of methoxy groups -OCH3 is 1. The van der Waals surface area contributed by atoms with Crippen LogP contribution in [-0.2, 0) is 22.3 Å². The Hall–Kier alpha value is -1.85. The second kappa shape index (κ2) is 6.94. The van der Waals surface area contributed by atoms with Gasteiger partial charge in [0.15, 0.2) is 0 Å². The van der Waals surface area contributed by atoms with Gasteiger partial charge in [-0.05, 0) is 25.5 Å². The summed E-state index contributed by atoms with van der Waals surface area (Å²) >= 11 is 0. The first-order valence-corrected chi connectivity index (χ1v) is 8.71. The average molecular weight is 319 g/mol. The van der Waals surface area contributed by atoms with Crippen LogP contribution < -0.4 is 9.46 Å². The van der Waals surface area contributed by atoms with E-state index in [9.17, 15) is 8.42 Å². The molecular formula is C17H21NO3S. The Labute approximate surface area is 132 Å². The van der Waals surface area contributed by atoms with Gasteiger partial charge < -0.3 is 4.74 Å². The van der Waals surface area contributed by atoms with Crippen molar-refractivity contribution in [2.45, 2.75) is 26.1 Å². The molecule has 0 saturated heterocycles. The minimum atomic E-state index is -3.39. The van der Waals surface area contributed by atoms with Gasteiger partial charge >= 0.3 is 0 Å². The van der Waals surface area contributed by atoms with Crippen LogP contribution in [0.15, 0.2) is 42.5 Å². The van der Waals surface area contributed by atoms with Crippen molar-refractivity contribution in [2.75, 3.05) is 7.11 Å². The lowest BCUT2D eigenvalue weighted by molar-refractivity contribution is 0.409. The van der Waals surface area contributed by atoms with Gasteiger partial charge in [-0.2, -0.15) is 0 Å². The zero-order valence-corrected chi connectivity index (χ0v) is 13.9. The van der Waals surface area contributed by atoms with Crippen LogP contribution in [-0.4, -0.2) is 15.5 Å². The molecule has 0 aliphatic heterocycles. The van der Waals surface area contributed by atoms with Crippen LogP contribution in [0.4, 0.5) is 0 Å². The van der Waals surface area contributed by atoms with E-state index >= 15 is 0 Å². The lowest BCUT2D eigenvalue weighted by Gasteiger charge is -2.11. The van der Waals surface area contributed by atoms with Gasteiger partial charge in [0.2, 0.25) is 10.0 Å². The summed E-state index contributed by atoms with van der Waals surface area (Å²) in [5.74, 6) is 0.658. The lowest BCUT2D eigenvalue weighted by Crippen LogP contribution is -2.25. The van der Waals surface area contributed by atoms with Crippen LogP contribution in [0.2, 0.25) is 0 Å². The van der Waals surface area contributed by atoms with Gasteiger partial charge in [-0.3, -0.25) is 0 Å². The molecule has 0 radical (unpaired) electrons. The van der Waals surface area contributed by atoms with Gasteiger partial charge in [-0.1, -0.05) is 47.5 Å². The van der Waals surface area contributed by atoms with Gasteiger partial charge in [-0.15, -0.1) is 0 Å². The summed E-state index contributed by atoms with van der Waals surface area (Å²) in [5, 5.41) is 0. The van der Waals surface area contributed by atoms with Crippen molar-refractivity contribution in [3.05, 3.63) is 64.7 Å². The van der Waals surface area contributed by atoms with E-state index in [1.54, 1.807) is 7.11 Å². The van der Waals surface area contributed by atoms with E-state index in [-0.39, 0.29) is 12.3 Å². The third-order valence-corrected chi connectivity index (χ3v) is 4.69. The maximum absolute atomic E-state index is 12.2. The number of hydrogen-bond acceptors (Lipinski definition) is 3. The molecule has 118 valence electrons. The molecule has 0 unspecified atom stereocenters. The number of ether oxygens (including phenoxy) is 1. The summed E-state index contributed by atoms with van der Waals surface area (Å²) in [7, 11) is -1.81. The molecule has 0 bridgehead atoms. The number of sulfonamides is 1. The summed E-state index contributed by atoms with van der Waals surface area (Å²) in [6.45, 7) is 4.16. The van der Waals surface area contributed by atoms with E-state index in [2.05, 4.69) is 4.72 Å². The van der Waals surface area contributed by atoms with Crippen LogP contribution >= 0.6 is 0 Å². The molecule has 2 aromatic rings. The van der Waals surface area contributed by atoms with E-state index in [1.165, 1.54) is 0 Å². The molecule has 4 nitrogen and oxygen atoms in total. The number of hydrogen-bond donors (Lipinski definition) is 1. The lowest BCUT2D eigenvalue weighted by atomic mass is 10.1. The molecule has 22 heavy (non-hydrogen) atoms. The van der Waals surface area contributed by atoms with Crippen molar-refractivity contribution in [1.29, 1.82) is 0 Å². The first-order chi connectivity index (χ1) is 10.4. The Bertz CT molecular complexity index is 737. The standard InChI is InChI=1S/C17H21NO3S/c1-13-4-7-15(8-5-13)12-22(19,20)18-11-16-10-14(2)6-9-17(16)21-3/h4-10,18H,11-12H2,1-3H3. The molecule has 0 aromatic heterocycles. The zero-order valence-electron chi connectivity index (χ0n) is 13.1. The molecule has 0 aliphatic carbocycles. The SMILES string of the molecule is COc1ccc(C)cc1CNS(=O)(=O)Cc1ccc(C)cc1. The maximum atomic E-state index is 12.2. The fourth-order valence-electron chi connectivity index (χ4n) is 2.19. The molecule has 0 fully saturated rings. The Kier molecular flexibility index (Phi) is 5.21. The predicted molar refractivity (Wildman–Crippen MR) is 88.4 cm³/mol. The molecule has 0 aliphatic rings. The smallest absolute Gasteiger partial charge is 0.216 e. The molecule has 2 aromatic carbocycles. The van der Waals surface area contributed by atoms with Crippen molar-refractivity contribution >= 4 is 10.0 Å². The van der Waals surface area contributed by atoms with Crippen molar-refractivity contribution in [1.82, 2.24) is 4.72 Å². The molecule has 0 saturated carbocycles. The van der Waals surface area contributed by atoms with Crippen LogP contribution in [0.5, 0.6) is 5.75 Å². The van der Waals surface area contributed by atoms with Crippen LogP contribution in [0, 0.1) is 13.8 Å². The van der Waals surface area contributed by atoms with E-state index in [1.807, 2.05) is 56.3 Å². The largest absolute Gasteiger partial charge is 0.496 e. The minimum Gasteiger partial charge on any atom is -0.496 e. The van der Waals surface area contributed by atoms with Gasteiger partial charge in [0.05, 0.1) is 12.9 Å². The first kappa shape index (κ1) is 16.5. The van der Waals surface area contributed by atoms with E-state index in [4.69, 9.17) is 4.74 Å². The number of aryl methyl sites for hydroxylation is 2. The summed E-state index contributed by atoms with van der Waals surface area (Å²) in [6, 6.07) is 13.2. The van der Waals surface area contributed by atoms with Crippen LogP contribution in [0.1, 0.15) is 22.3 Å². The van der Waals surface area contributed by atoms with E-state index < -0.39 is 10.0 Å². The van der Waals surface area contributed by atoms with E-state index in [0.29, 0.717) is 5.75 Å². The molecular weight excluding hydrogens is 298 g/mol. The monoisotopic (exact) mass is 319 g/mol. The van der Waals surface area contributed by atoms with Gasteiger partial charge in [-0.25, -0.2) is 13.1 Å². The molecule has 0 heterocycles. The fourth-order valence-corrected chi connectivity index (χ4v) is 3.30. The van der Waals surface area contributed by atoms with E-state index in [0.717, 1.165) is 22.3 Å². The van der Waals surface area contributed by atoms with Crippen LogP contribution in [0.25, 0.3) is 0 Å². The first-order valence-electron chi connectivity index (χ1n) is 7.06. The molecule has 0 amide bonds. The van der Waals surface area contributed by atoms with Gasteiger partial charge in [0.25, 0.3) is 0 Å². The summed E-state index contributed by atoms with van der Waals surface area (Å²) in [4.78, 5) is 0. The highest BCUT2D eigenvalue weighted by atomic mass is 32.2. The predicted octanol–water partition coefficient (Wildman–Crippen LogP) is 2.93. The zero-order chi connectivity index (χ0) is 16.2. The molecule has 2 rings (SSSR count). The van der Waals surface area contributed by atoms with Crippen LogP contribution in [0.3, 0.4) is 0 Å². The van der Waals surface area contributed by atoms with Crippen molar-refractivity contribution < 1.29 is 13.2 Å². The fraction of sp³-hybridized carbons (Fsp3) is 0.294. The Morgan fingerprint density at radius 3 is 2.27 bits per heavy atom. The van der Waals surface area contributed by atoms with Gasteiger partial charge in [0, 0.05) is 12.1 Å². The molecule has 1 N–H and O–H groups in total. The topological polar surface area (TPSA) is 55.4 Å². The average Bonchev–Trinajstić information content (AvgIpc) is 2.48. The minimum absolute atomic E-state index is 0.0264. The van der Waals surface area contributed by atoms with Crippen molar-refractivity contribution in [3.8, 4) is 5.75 Å². The second-order valence-electron chi connectivity index (χ2n) is 5.38. The van der Waals surface area contributed by atoms with Gasteiger partial charge in [0.1, 0.15) is 5.75 Å². The summed E-state index contributed by atoms with van der Waals surface area (Å²) < 4.78 is 32.3. The third kappa shape index (κ3) is 4.58.